The van der Waals surface area contributed by atoms with Crippen LogP contribution in [0, 0.1) is 49.9 Å². The van der Waals surface area contributed by atoms with Crippen LogP contribution in [0.5, 0.6) is 0 Å². The van der Waals surface area contributed by atoms with Crippen molar-refractivity contribution in [3.05, 3.63) is 43.8 Å². The van der Waals surface area contributed by atoms with Crippen LogP contribution >= 0.6 is 15.9 Å². The lowest BCUT2D eigenvalue weighted by Gasteiger charge is -2.08. The first-order chi connectivity index (χ1) is 9.46. The summed E-state index contributed by atoms with van der Waals surface area (Å²) in [5.74, 6) is -1.12. The normalized spacial score (nSPS) is 8.75. The Balaban J connectivity index is 3.52. The van der Waals surface area contributed by atoms with Gasteiger partial charge in [-0.1, -0.05) is 0 Å². The number of halogens is 2. The summed E-state index contributed by atoms with van der Waals surface area (Å²) >= 11 is 2.97. The minimum atomic E-state index is -1.12. The van der Waals surface area contributed by atoms with Crippen molar-refractivity contribution < 1.29 is 9.31 Å². The summed E-state index contributed by atoms with van der Waals surface area (Å²) in [6, 6.07) is 6.51. The lowest BCUT2D eigenvalue weighted by atomic mass is 10.2. The van der Waals surface area contributed by atoms with Crippen LogP contribution in [0.25, 0.3) is 0 Å². The maximum Gasteiger partial charge on any atom is 0.329 e. The standard InChI is InChI=1S/C11H3BrFN5O2/c12-7-1-2-8(13)11(18(19)20)10(7)17-9(5-16)6(3-14)4-15/h1-2,17H. The highest BCUT2D eigenvalue weighted by Crippen LogP contribution is 2.35. The summed E-state index contributed by atoms with van der Waals surface area (Å²) < 4.78 is 13.6. The van der Waals surface area contributed by atoms with Gasteiger partial charge in [-0.05, 0) is 28.1 Å². The lowest BCUT2D eigenvalue weighted by Crippen LogP contribution is -2.06. The Morgan fingerprint density at radius 2 is 1.90 bits per heavy atom. The van der Waals surface area contributed by atoms with Gasteiger partial charge in [0.1, 0.15) is 29.6 Å². The monoisotopic (exact) mass is 335 g/mol. The molecule has 1 N–H and O–H groups in total. The summed E-state index contributed by atoms with van der Waals surface area (Å²) in [6.07, 6.45) is 0. The van der Waals surface area contributed by atoms with Gasteiger partial charge in [-0.25, -0.2) is 0 Å². The fraction of sp³-hybridized carbons (Fsp3) is 0. The Hall–Kier alpha value is -2.96. The van der Waals surface area contributed by atoms with Crippen molar-refractivity contribution in [2.24, 2.45) is 0 Å². The SMILES string of the molecule is N#CC(C#N)=C(C#N)Nc1c(Br)ccc(F)c1[N+](=O)[O-]. The molecule has 7 nitrogen and oxygen atoms in total. The quantitative estimate of drug-likeness (QED) is 0.514. The van der Waals surface area contributed by atoms with E-state index < -0.39 is 27.7 Å². The molecule has 9 heteroatoms. The molecule has 1 rings (SSSR count). The molecular formula is C11H3BrFN5O2. The molecule has 98 valence electrons. The number of hydrogen-bond donors (Lipinski definition) is 1. The average Bonchev–Trinajstić information content (AvgIpc) is 2.42. The first-order valence-corrected chi connectivity index (χ1v) is 5.59. The van der Waals surface area contributed by atoms with Crippen LogP contribution in [0.3, 0.4) is 0 Å². The molecule has 0 saturated carbocycles. The van der Waals surface area contributed by atoms with Crippen molar-refractivity contribution >= 4 is 27.3 Å². The summed E-state index contributed by atoms with van der Waals surface area (Å²) in [7, 11) is 0. The van der Waals surface area contributed by atoms with Crippen LogP contribution in [-0.4, -0.2) is 4.92 Å². The summed E-state index contributed by atoms with van der Waals surface area (Å²) in [4.78, 5) is 9.87. The second kappa shape index (κ2) is 6.28. The molecule has 0 spiro atoms. The molecule has 0 radical (unpaired) electrons. The molecule has 0 fully saturated rings. The smallest absolute Gasteiger partial charge is 0.329 e. The molecule has 0 amide bonds. The molecular weight excluding hydrogens is 333 g/mol. The fourth-order valence-corrected chi connectivity index (χ4v) is 1.67. The molecule has 0 bridgehead atoms. The third kappa shape index (κ3) is 2.89. The van der Waals surface area contributed by atoms with E-state index in [0.717, 1.165) is 6.07 Å². The van der Waals surface area contributed by atoms with Crippen LogP contribution in [-0.2, 0) is 0 Å². The van der Waals surface area contributed by atoms with Gasteiger partial charge in [-0.3, -0.25) is 10.1 Å². The van der Waals surface area contributed by atoms with Crippen molar-refractivity contribution in [2.45, 2.75) is 0 Å². The lowest BCUT2D eigenvalue weighted by molar-refractivity contribution is -0.386. The highest BCUT2D eigenvalue weighted by Gasteiger charge is 2.24. The average molecular weight is 336 g/mol. The summed E-state index contributed by atoms with van der Waals surface area (Å²) in [6.45, 7) is 0. The highest BCUT2D eigenvalue weighted by atomic mass is 79.9. The number of anilines is 1. The molecule has 0 aliphatic carbocycles. The highest BCUT2D eigenvalue weighted by molar-refractivity contribution is 9.10. The number of benzene rings is 1. The first kappa shape index (κ1) is 15.1. The molecule has 20 heavy (non-hydrogen) atoms. The van der Waals surface area contributed by atoms with Gasteiger partial charge in [0.2, 0.25) is 5.82 Å². The molecule has 0 heterocycles. The number of nitriles is 3. The van der Waals surface area contributed by atoms with Crippen molar-refractivity contribution in [1.29, 1.82) is 15.8 Å². The topological polar surface area (TPSA) is 127 Å². The number of nitro benzene ring substituents is 1. The number of hydrogen-bond acceptors (Lipinski definition) is 6. The van der Waals surface area contributed by atoms with Crippen LogP contribution in [0.1, 0.15) is 0 Å². The van der Waals surface area contributed by atoms with E-state index in [0.29, 0.717) is 0 Å². The summed E-state index contributed by atoms with van der Waals surface area (Å²) in [5, 5.41) is 39.3. The zero-order valence-electron chi connectivity index (χ0n) is 9.52. The van der Waals surface area contributed by atoms with Crippen LogP contribution in [0.2, 0.25) is 0 Å². The Morgan fingerprint density at radius 1 is 1.30 bits per heavy atom. The predicted octanol–water partition coefficient (Wildman–Crippen LogP) is 2.73. The molecule has 0 aliphatic heterocycles. The van der Waals surface area contributed by atoms with E-state index >= 15 is 0 Å². The van der Waals surface area contributed by atoms with Gasteiger partial charge in [-0.2, -0.15) is 20.2 Å². The van der Waals surface area contributed by atoms with Crippen LogP contribution < -0.4 is 5.32 Å². The first-order valence-electron chi connectivity index (χ1n) is 4.80. The Morgan fingerprint density at radius 3 is 2.35 bits per heavy atom. The van der Waals surface area contributed by atoms with E-state index in [2.05, 4.69) is 21.2 Å². The summed E-state index contributed by atoms with van der Waals surface area (Å²) in [5.41, 5.74) is -2.33. The zero-order valence-corrected chi connectivity index (χ0v) is 11.1. The maximum absolute atomic E-state index is 13.5. The van der Waals surface area contributed by atoms with Gasteiger partial charge >= 0.3 is 5.69 Å². The number of rotatable bonds is 3. The van der Waals surface area contributed by atoms with Crippen LogP contribution in [0.15, 0.2) is 27.9 Å². The minimum Gasteiger partial charge on any atom is -0.338 e. The van der Waals surface area contributed by atoms with E-state index in [1.807, 2.05) is 0 Å². The largest absolute Gasteiger partial charge is 0.338 e. The van der Waals surface area contributed by atoms with E-state index in [1.54, 1.807) is 0 Å². The molecule has 0 aromatic heterocycles. The molecule has 0 aliphatic rings. The van der Waals surface area contributed by atoms with Gasteiger partial charge < -0.3 is 5.32 Å². The predicted molar refractivity (Wildman–Crippen MR) is 68.2 cm³/mol. The fourth-order valence-electron chi connectivity index (χ4n) is 1.25. The third-order valence-corrected chi connectivity index (χ3v) is 2.76. The van der Waals surface area contributed by atoms with Crippen molar-refractivity contribution in [1.82, 2.24) is 0 Å². The second-order valence-electron chi connectivity index (χ2n) is 3.22. The Bertz CT molecular complexity index is 723. The van der Waals surface area contributed by atoms with Gasteiger partial charge in [0.05, 0.1) is 4.92 Å². The molecule has 1 aromatic rings. The number of nitrogens with one attached hydrogen (secondary N) is 1. The van der Waals surface area contributed by atoms with Gasteiger partial charge in [0.25, 0.3) is 0 Å². The number of allylic oxidation sites excluding steroid dienone is 2. The van der Waals surface area contributed by atoms with E-state index in [-0.39, 0.29) is 10.2 Å². The molecule has 0 atom stereocenters. The van der Waals surface area contributed by atoms with Crippen molar-refractivity contribution in [3.63, 3.8) is 0 Å². The van der Waals surface area contributed by atoms with E-state index in [9.17, 15) is 14.5 Å². The second-order valence-corrected chi connectivity index (χ2v) is 4.07. The number of nitrogens with zero attached hydrogens (tertiary/aromatic N) is 4. The van der Waals surface area contributed by atoms with Gasteiger partial charge in [0, 0.05) is 4.47 Å². The minimum absolute atomic E-state index is 0.105. The van der Waals surface area contributed by atoms with Gasteiger partial charge in [0.15, 0.2) is 5.57 Å². The Labute approximate surface area is 120 Å². The molecule has 0 saturated heterocycles. The van der Waals surface area contributed by atoms with Crippen molar-refractivity contribution in [2.75, 3.05) is 5.32 Å². The van der Waals surface area contributed by atoms with Crippen LogP contribution in [0.4, 0.5) is 15.8 Å². The molecule has 1 aromatic carbocycles. The van der Waals surface area contributed by atoms with Crippen molar-refractivity contribution in [3.8, 4) is 18.2 Å². The van der Waals surface area contributed by atoms with Gasteiger partial charge in [-0.15, -0.1) is 0 Å². The molecule has 0 unspecified atom stereocenters. The Kier molecular flexibility index (Phi) is 4.74. The zero-order chi connectivity index (χ0) is 15.3. The third-order valence-electron chi connectivity index (χ3n) is 2.10. The van der Waals surface area contributed by atoms with E-state index in [1.165, 1.54) is 24.3 Å². The maximum atomic E-state index is 13.5. The number of nitro groups is 1. The van der Waals surface area contributed by atoms with E-state index in [4.69, 9.17) is 15.8 Å².